The molecule has 13 atom stereocenters. The highest BCUT2D eigenvalue weighted by atomic mass is 35.5. The molecule has 0 aliphatic carbocycles. The van der Waals surface area contributed by atoms with Gasteiger partial charge in [0.1, 0.15) is 90.8 Å². The number of aliphatic hydroxyl groups is 3. The van der Waals surface area contributed by atoms with E-state index >= 15 is 8.78 Å². The van der Waals surface area contributed by atoms with Crippen molar-refractivity contribution in [2.75, 3.05) is 64.3 Å². The van der Waals surface area contributed by atoms with Gasteiger partial charge in [-0.2, -0.15) is 0 Å². The molecule has 602 valence electrons. The second-order valence-electron chi connectivity index (χ2n) is 28.4. The predicted octanol–water partition coefficient (Wildman–Crippen LogP) is 8.51. The Morgan fingerprint density at radius 2 is 0.858 bits per heavy atom. The van der Waals surface area contributed by atoms with Crippen molar-refractivity contribution in [3.8, 4) is 0 Å². The van der Waals surface area contributed by atoms with Gasteiger partial charge in [-0.25, -0.2) is 32.5 Å². The van der Waals surface area contributed by atoms with E-state index in [2.05, 4.69) is 34.7 Å². The van der Waals surface area contributed by atoms with Crippen LogP contribution in [0.4, 0.5) is 17.6 Å². The van der Waals surface area contributed by atoms with Gasteiger partial charge in [0.05, 0.1) is 45.5 Å². The highest BCUT2D eigenvalue weighted by Gasteiger charge is 2.60. The normalized spacial score (nSPS) is 27.2. The first-order valence-electron chi connectivity index (χ1n) is 31.8. The summed E-state index contributed by atoms with van der Waals surface area (Å²) in [6.07, 6.45) is -6.96. The van der Waals surface area contributed by atoms with E-state index < -0.39 is 198 Å². The number of hydrogen-bond donors (Lipinski definition) is 6. The van der Waals surface area contributed by atoms with Gasteiger partial charge >= 0.3 is 39.1 Å². The van der Waals surface area contributed by atoms with Crippen LogP contribution in [0.2, 0.25) is 0 Å². The third kappa shape index (κ3) is 26.1. The zero-order valence-corrected chi connectivity index (χ0v) is 66.4. The van der Waals surface area contributed by atoms with Gasteiger partial charge in [0.25, 0.3) is 0 Å². The minimum Gasteiger partial charge on any atom is -0.438 e. The monoisotopic (exact) mass is 1640 g/mol. The molecule has 0 aromatic heterocycles. The van der Waals surface area contributed by atoms with E-state index in [0.717, 1.165) is 11.9 Å². The van der Waals surface area contributed by atoms with Crippen LogP contribution in [-0.2, 0) is 93.7 Å². The number of alkyl halides is 7. The number of nitrogens with two attached hydrogens (primary N) is 3. The molecule has 0 bridgehead atoms. The van der Waals surface area contributed by atoms with Crippen molar-refractivity contribution in [2.45, 2.75) is 174 Å². The number of carbonyl (C=O) groups is 6. The Morgan fingerprint density at radius 3 is 1.16 bits per heavy atom. The number of ether oxygens (including phenoxy) is 7. The van der Waals surface area contributed by atoms with Crippen molar-refractivity contribution < 1.29 is 127 Å². The SMILES string of the molecule is C=C1N=C(N)C=CN1[C@@H]1O[C@@](/C=C\P(=O)(OCOC(=O)C(C)(C)C)OCOC(=O)C(C)(C)C)(CCl)[C@@H](O)[C@H]1F.C=C1N=C(N)C=CN1[C@@H]1O[C@](CCl)(CC(F)P(C)(C)=O)[C@@H](O)[C@H]1F.C=C1N=C(N)C=CN1[C@@H]1O[C@](CCl)(CCP(=O)(OCOC(=O)C(C)(C)C)OCOC(=O)C(C)(C)C)[C@@H](O)[C@H]1F.C=O.C=O. The number of rotatable bonds is 26. The molecule has 0 aromatic rings. The van der Waals surface area contributed by atoms with E-state index in [1.165, 1.54) is 64.9 Å². The fourth-order valence-electron chi connectivity index (χ4n) is 9.06. The summed E-state index contributed by atoms with van der Waals surface area (Å²) in [6, 6.07) is 0. The second kappa shape index (κ2) is 39.6. The lowest BCUT2D eigenvalue weighted by Crippen LogP contribution is -2.45. The quantitative estimate of drug-likeness (QED) is 0.0118. The summed E-state index contributed by atoms with van der Waals surface area (Å²) in [4.78, 5) is 79.9. The summed E-state index contributed by atoms with van der Waals surface area (Å²) in [7, 11) is -11.6. The third-order valence-electron chi connectivity index (χ3n) is 15.4. The molecule has 6 heterocycles. The minimum atomic E-state index is -4.35. The number of nitrogens with zero attached hydrogens (tertiary/aromatic N) is 6. The number of amidine groups is 3. The number of aliphatic hydroxyl groups excluding tert-OH is 3. The summed E-state index contributed by atoms with van der Waals surface area (Å²) in [6.45, 7) is 34.0. The van der Waals surface area contributed by atoms with Crippen molar-refractivity contribution >= 4 is 112 Å². The fraction of sp³-hybridized carbons (Fsp3) is 0.641. The van der Waals surface area contributed by atoms with Gasteiger partial charge in [-0.1, -0.05) is 19.7 Å². The number of hydrogen-bond acceptors (Lipinski definition) is 32. The van der Waals surface area contributed by atoms with E-state index in [-0.39, 0.29) is 47.3 Å². The maximum atomic E-state index is 15.3. The number of esters is 4. The van der Waals surface area contributed by atoms with Crippen molar-refractivity contribution in [1.29, 1.82) is 0 Å². The topological polar surface area (TPSA) is 441 Å². The summed E-state index contributed by atoms with van der Waals surface area (Å²) in [5, 5.41) is 31.8. The Morgan fingerprint density at radius 1 is 0.557 bits per heavy atom. The van der Waals surface area contributed by atoms with Gasteiger partial charge < -0.3 is 94.5 Å². The average Bonchev–Trinajstić information content (AvgIpc) is 1.62. The molecule has 0 amide bonds. The van der Waals surface area contributed by atoms with Crippen molar-refractivity contribution in [2.24, 2.45) is 53.8 Å². The van der Waals surface area contributed by atoms with Crippen LogP contribution in [0.15, 0.2) is 101 Å². The van der Waals surface area contributed by atoms with E-state index in [1.807, 2.05) is 13.6 Å². The average molecular weight is 1640 g/mol. The molecule has 3 fully saturated rings. The summed E-state index contributed by atoms with van der Waals surface area (Å²) in [5.41, 5.74) is 8.02. The van der Waals surface area contributed by atoms with E-state index in [1.54, 1.807) is 83.1 Å². The van der Waals surface area contributed by atoms with Crippen molar-refractivity contribution in [1.82, 2.24) is 14.7 Å². The third-order valence-corrected chi connectivity index (χ3v) is 21.5. The largest absolute Gasteiger partial charge is 0.438 e. The Balaban J connectivity index is 0.000000541. The Hall–Kier alpha value is -5.91. The molecule has 106 heavy (non-hydrogen) atoms. The van der Waals surface area contributed by atoms with Gasteiger partial charge in [-0.05, 0) is 127 Å². The van der Waals surface area contributed by atoms with Gasteiger partial charge in [0.2, 0.25) is 27.2 Å². The molecule has 3 saturated heterocycles. The zero-order valence-electron chi connectivity index (χ0n) is 61.4. The summed E-state index contributed by atoms with van der Waals surface area (Å²) < 4.78 is 157. The highest BCUT2D eigenvalue weighted by molar-refractivity contribution is 7.62. The van der Waals surface area contributed by atoms with Crippen molar-refractivity contribution in [3.63, 3.8) is 0 Å². The molecule has 32 nitrogen and oxygen atoms in total. The first kappa shape index (κ1) is 96.2. The molecule has 6 aliphatic rings. The maximum absolute atomic E-state index is 15.3. The lowest BCUT2D eigenvalue weighted by Gasteiger charge is -2.34. The standard InChI is InChI=1S/C24H38ClFN3O9P.C24H36ClFN3O9P.C14H21ClF2N3O3P.2CH2O/c2*1-15-28-16(27)8-10-29(15)19-17(26)18(30)24(12-25,38-19)9-11-39(33,36-13-34-20(31)22(2,3)4)37-14-35-21(32)23(5,6)7;1-8-19-10(18)4-5-20(8)13-11(17)12(21)14(7-15,23-13)6-9(16)24(2,3)22;2*1-2/h8,10,17-19,30H,1,9,11-14H2,2-7H3,(H2,27,28);8-11,17-19,30H,1,12-14H2,2-7H3,(H2,27,28);4-5,9,11-13,21H,1,6-7H2,2-3H3,(H2,18,19);2*1H2/b;11-9-;;;/t2*17-,18+,19-,24+;9?,11-,12+,13-,14+;;/m111../s1. The van der Waals surface area contributed by atoms with Crippen LogP contribution < -0.4 is 17.2 Å². The molecule has 0 saturated carbocycles. The Kier molecular flexibility index (Phi) is 36.0. The van der Waals surface area contributed by atoms with Crippen LogP contribution >= 0.6 is 57.1 Å². The number of carbonyl (C=O) groups excluding carboxylic acids is 6. The lowest BCUT2D eigenvalue weighted by molar-refractivity contribution is -0.163. The molecule has 0 spiro atoms. The maximum Gasteiger partial charge on any atom is 0.359 e. The van der Waals surface area contributed by atoms with Crippen LogP contribution in [0.1, 0.15) is 95.9 Å². The van der Waals surface area contributed by atoms with Gasteiger partial charge in [0.15, 0.2) is 43.1 Å². The molecular formula is C64H99Cl3F4N9O23P3. The van der Waals surface area contributed by atoms with Crippen LogP contribution in [0.5, 0.6) is 0 Å². The molecule has 0 aromatic carbocycles. The smallest absolute Gasteiger partial charge is 0.359 e. The molecule has 1 unspecified atom stereocenters. The van der Waals surface area contributed by atoms with Crippen LogP contribution in [-0.4, -0.2) is 228 Å². The first-order chi connectivity index (χ1) is 48.7. The molecule has 9 N–H and O–H groups in total. The van der Waals surface area contributed by atoms with Crippen LogP contribution in [0.3, 0.4) is 0 Å². The first-order valence-corrected chi connectivity index (χ1v) is 39.4. The Labute approximate surface area is 628 Å². The molecule has 6 rings (SSSR count). The van der Waals surface area contributed by atoms with E-state index in [0.29, 0.717) is 0 Å². The number of halogens is 7. The van der Waals surface area contributed by atoms with Gasteiger partial charge in [-0.3, -0.25) is 46.4 Å². The van der Waals surface area contributed by atoms with E-state index in [9.17, 15) is 57.0 Å². The van der Waals surface area contributed by atoms with Crippen molar-refractivity contribution in [3.05, 3.63) is 85.9 Å². The fourth-order valence-corrected chi connectivity index (χ4v) is 13.3. The molecule has 42 heteroatoms. The predicted molar refractivity (Wildman–Crippen MR) is 386 cm³/mol. The lowest BCUT2D eigenvalue weighted by atomic mass is 9.94. The van der Waals surface area contributed by atoms with Gasteiger partial charge in [-0.15, -0.1) is 34.8 Å². The minimum absolute atomic E-state index is 0.0582. The Bertz CT molecular complexity index is 3400. The second-order valence-corrected chi connectivity index (χ2v) is 36.7. The van der Waals surface area contributed by atoms with Crippen LogP contribution in [0.25, 0.3) is 0 Å². The zero-order chi connectivity index (χ0) is 81.9. The molecular weight excluding hydrogens is 1540 g/mol. The van der Waals surface area contributed by atoms with E-state index in [4.69, 9.17) is 113 Å². The number of aliphatic imine (C=N–C) groups is 3. The molecule has 0 radical (unpaired) electrons. The highest BCUT2D eigenvalue weighted by Crippen LogP contribution is 2.55. The van der Waals surface area contributed by atoms with Crippen LogP contribution in [0, 0.1) is 21.7 Å². The summed E-state index contributed by atoms with van der Waals surface area (Å²) in [5.74, 6) is -3.93. The van der Waals surface area contributed by atoms with Gasteiger partial charge in [0, 0.05) is 30.8 Å². The summed E-state index contributed by atoms with van der Waals surface area (Å²) >= 11 is 18.1. The molecule has 6 aliphatic heterocycles.